The van der Waals surface area contributed by atoms with Gasteiger partial charge in [0, 0.05) is 13.2 Å². The van der Waals surface area contributed by atoms with E-state index >= 15 is 0 Å². The number of carbonyl (C=O) groups is 2. The van der Waals surface area contributed by atoms with E-state index in [-0.39, 0.29) is 5.91 Å². The molecule has 2 N–H and O–H groups in total. The molecule has 1 amide bonds. The Kier molecular flexibility index (Phi) is 4.63. The number of carbonyl (C=O) groups excluding carboxylic acids is 1. The van der Waals surface area contributed by atoms with Gasteiger partial charge in [0.25, 0.3) is 0 Å². The third-order valence-electron chi connectivity index (χ3n) is 4.10. The van der Waals surface area contributed by atoms with Crippen molar-refractivity contribution in [3.63, 3.8) is 0 Å². The van der Waals surface area contributed by atoms with Crippen molar-refractivity contribution in [1.82, 2.24) is 5.32 Å². The number of benzene rings is 1. The van der Waals surface area contributed by atoms with Crippen LogP contribution in [-0.2, 0) is 19.7 Å². The predicted octanol–water partition coefficient (Wildman–Crippen LogP) is 1.63. The number of aliphatic carboxylic acids is 1. The van der Waals surface area contributed by atoms with Gasteiger partial charge in [-0.05, 0) is 32.3 Å². The molecule has 21 heavy (non-hydrogen) atoms. The van der Waals surface area contributed by atoms with Crippen LogP contribution in [0.2, 0.25) is 0 Å². The van der Waals surface area contributed by atoms with E-state index in [1.54, 1.807) is 0 Å². The summed E-state index contributed by atoms with van der Waals surface area (Å²) in [5.74, 6) is -1.26. The Hall–Kier alpha value is -1.88. The maximum Gasteiger partial charge on any atom is 0.325 e. The van der Waals surface area contributed by atoms with Gasteiger partial charge in [0.05, 0.1) is 5.41 Å². The molecule has 1 atom stereocenters. The first-order chi connectivity index (χ1) is 9.95. The molecule has 0 saturated carbocycles. The van der Waals surface area contributed by atoms with Crippen molar-refractivity contribution in [2.75, 3.05) is 13.2 Å². The van der Waals surface area contributed by atoms with Gasteiger partial charge in [-0.15, -0.1) is 0 Å². The Morgan fingerprint density at radius 2 is 1.81 bits per heavy atom. The van der Waals surface area contributed by atoms with Gasteiger partial charge >= 0.3 is 5.97 Å². The Morgan fingerprint density at radius 1 is 1.24 bits per heavy atom. The van der Waals surface area contributed by atoms with Crippen LogP contribution in [0.3, 0.4) is 0 Å². The highest BCUT2D eigenvalue weighted by Gasteiger charge is 2.42. The van der Waals surface area contributed by atoms with Crippen LogP contribution in [0.15, 0.2) is 24.3 Å². The molecule has 0 radical (unpaired) electrons. The van der Waals surface area contributed by atoms with E-state index in [0.29, 0.717) is 26.1 Å². The summed E-state index contributed by atoms with van der Waals surface area (Å²) in [5.41, 5.74) is 1.35. The number of aryl methyl sites for hydroxylation is 1. The average molecular weight is 291 g/mol. The molecule has 1 aromatic carbocycles. The highest BCUT2D eigenvalue weighted by Crippen LogP contribution is 2.35. The van der Waals surface area contributed by atoms with Gasteiger partial charge in [-0.3, -0.25) is 9.59 Å². The maximum absolute atomic E-state index is 12.7. The summed E-state index contributed by atoms with van der Waals surface area (Å²) in [6.45, 7) is 4.47. The maximum atomic E-state index is 12.7. The molecule has 1 aliphatic heterocycles. The number of nitrogens with one attached hydrogen (secondary N) is 1. The Morgan fingerprint density at radius 3 is 2.33 bits per heavy atom. The molecule has 2 rings (SSSR count). The normalized spacial score (nSPS) is 18.8. The minimum atomic E-state index is -1.03. The SMILES string of the molecule is Cc1ccc(C2(C(=O)NC(C)C(=O)O)CCOCC2)cc1. The molecular formula is C16H21NO4. The van der Waals surface area contributed by atoms with Crippen LogP contribution in [0.25, 0.3) is 0 Å². The van der Waals surface area contributed by atoms with Crippen molar-refractivity contribution in [3.8, 4) is 0 Å². The molecule has 5 heteroatoms. The van der Waals surface area contributed by atoms with Crippen molar-refractivity contribution in [2.45, 2.75) is 38.1 Å². The third kappa shape index (κ3) is 3.24. The lowest BCUT2D eigenvalue weighted by atomic mass is 9.73. The zero-order chi connectivity index (χ0) is 15.5. The molecule has 0 spiro atoms. The number of ether oxygens (including phenoxy) is 1. The molecule has 0 bridgehead atoms. The van der Waals surface area contributed by atoms with Crippen molar-refractivity contribution >= 4 is 11.9 Å². The first-order valence-corrected chi connectivity index (χ1v) is 7.14. The Labute approximate surface area is 124 Å². The van der Waals surface area contributed by atoms with E-state index in [4.69, 9.17) is 9.84 Å². The molecule has 114 valence electrons. The van der Waals surface area contributed by atoms with Crippen LogP contribution in [0.5, 0.6) is 0 Å². The summed E-state index contributed by atoms with van der Waals surface area (Å²) in [6, 6.07) is 6.95. The summed E-state index contributed by atoms with van der Waals surface area (Å²) < 4.78 is 5.38. The monoisotopic (exact) mass is 291 g/mol. The second kappa shape index (κ2) is 6.26. The molecule has 1 heterocycles. The number of carboxylic acids is 1. The molecule has 0 aromatic heterocycles. The fourth-order valence-corrected chi connectivity index (χ4v) is 2.64. The van der Waals surface area contributed by atoms with Crippen molar-refractivity contribution < 1.29 is 19.4 Å². The van der Waals surface area contributed by atoms with Crippen LogP contribution in [0, 0.1) is 6.92 Å². The first-order valence-electron chi connectivity index (χ1n) is 7.14. The van der Waals surface area contributed by atoms with Gasteiger partial charge in [0.2, 0.25) is 5.91 Å². The van der Waals surface area contributed by atoms with Gasteiger partial charge in [0.1, 0.15) is 6.04 Å². The van der Waals surface area contributed by atoms with E-state index < -0.39 is 17.4 Å². The number of hydrogen-bond donors (Lipinski definition) is 2. The number of hydrogen-bond acceptors (Lipinski definition) is 3. The Balaban J connectivity index is 2.30. The lowest BCUT2D eigenvalue weighted by Crippen LogP contribution is -2.52. The van der Waals surface area contributed by atoms with E-state index in [2.05, 4.69) is 5.32 Å². The molecule has 5 nitrogen and oxygen atoms in total. The van der Waals surface area contributed by atoms with Crippen LogP contribution < -0.4 is 5.32 Å². The van der Waals surface area contributed by atoms with Crippen LogP contribution >= 0.6 is 0 Å². The smallest absolute Gasteiger partial charge is 0.325 e. The molecule has 1 unspecified atom stereocenters. The van der Waals surface area contributed by atoms with E-state index in [0.717, 1.165) is 11.1 Å². The van der Waals surface area contributed by atoms with Crippen LogP contribution in [-0.4, -0.2) is 36.2 Å². The molecule has 0 aliphatic carbocycles. The topological polar surface area (TPSA) is 75.6 Å². The van der Waals surface area contributed by atoms with Crippen molar-refractivity contribution in [3.05, 3.63) is 35.4 Å². The number of rotatable bonds is 4. The van der Waals surface area contributed by atoms with Gasteiger partial charge in [0.15, 0.2) is 0 Å². The second-order valence-corrected chi connectivity index (χ2v) is 5.59. The highest BCUT2D eigenvalue weighted by molar-refractivity contribution is 5.91. The average Bonchev–Trinajstić information content (AvgIpc) is 2.48. The van der Waals surface area contributed by atoms with E-state index in [9.17, 15) is 9.59 Å². The van der Waals surface area contributed by atoms with Gasteiger partial charge in [-0.25, -0.2) is 0 Å². The summed E-state index contributed by atoms with van der Waals surface area (Å²) in [4.78, 5) is 23.7. The standard InChI is InChI=1S/C16H21NO4/c1-11-3-5-13(6-4-11)16(7-9-21-10-8-16)15(20)17-12(2)14(18)19/h3-6,12H,7-10H2,1-2H3,(H,17,20)(H,18,19). The number of carboxylic acid groups (broad SMARTS) is 1. The molecule has 1 aromatic rings. The minimum Gasteiger partial charge on any atom is -0.480 e. The van der Waals surface area contributed by atoms with Crippen molar-refractivity contribution in [2.24, 2.45) is 0 Å². The largest absolute Gasteiger partial charge is 0.480 e. The molecule has 1 fully saturated rings. The van der Waals surface area contributed by atoms with Crippen molar-refractivity contribution in [1.29, 1.82) is 0 Å². The second-order valence-electron chi connectivity index (χ2n) is 5.59. The molecule has 1 saturated heterocycles. The Bertz CT molecular complexity index is 518. The quantitative estimate of drug-likeness (QED) is 0.884. The van der Waals surface area contributed by atoms with Gasteiger partial charge in [-0.1, -0.05) is 29.8 Å². The molecular weight excluding hydrogens is 270 g/mol. The number of amides is 1. The van der Waals surface area contributed by atoms with Gasteiger partial charge in [-0.2, -0.15) is 0 Å². The minimum absolute atomic E-state index is 0.232. The molecule has 1 aliphatic rings. The third-order valence-corrected chi connectivity index (χ3v) is 4.10. The van der Waals surface area contributed by atoms with E-state index in [1.165, 1.54) is 6.92 Å². The highest BCUT2D eigenvalue weighted by atomic mass is 16.5. The lowest BCUT2D eigenvalue weighted by molar-refractivity contribution is -0.143. The van der Waals surface area contributed by atoms with Crippen LogP contribution in [0.1, 0.15) is 30.9 Å². The lowest BCUT2D eigenvalue weighted by Gasteiger charge is -2.36. The van der Waals surface area contributed by atoms with Gasteiger partial charge < -0.3 is 15.2 Å². The first kappa shape index (κ1) is 15.5. The summed E-state index contributed by atoms with van der Waals surface area (Å²) in [7, 11) is 0. The zero-order valence-electron chi connectivity index (χ0n) is 12.4. The zero-order valence-corrected chi connectivity index (χ0v) is 12.4. The predicted molar refractivity (Wildman–Crippen MR) is 78.2 cm³/mol. The fourth-order valence-electron chi connectivity index (χ4n) is 2.64. The summed E-state index contributed by atoms with van der Waals surface area (Å²) in [6.07, 6.45) is 1.13. The van der Waals surface area contributed by atoms with E-state index in [1.807, 2.05) is 31.2 Å². The summed E-state index contributed by atoms with van der Waals surface area (Å²) >= 11 is 0. The fraction of sp³-hybridized carbons (Fsp3) is 0.500. The summed E-state index contributed by atoms with van der Waals surface area (Å²) in [5, 5.41) is 11.6. The van der Waals surface area contributed by atoms with Crippen LogP contribution in [0.4, 0.5) is 0 Å².